The second kappa shape index (κ2) is 3.72. The second-order valence-electron chi connectivity index (χ2n) is 2.70. The SMILES string of the molecule is CC=CC(=O)CP(C)(C)=O. The van der Waals surface area contributed by atoms with Crippen molar-refractivity contribution >= 4 is 12.9 Å². The first-order valence-corrected chi connectivity index (χ1v) is 5.94. The van der Waals surface area contributed by atoms with Crippen molar-refractivity contribution in [2.75, 3.05) is 19.5 Å². The van der Waals surface area contributed by atoms with Gasteiger partial charge in [0.05, 0.1) is 13.3 Å². The summed E-state index contributed by atoms with van der Waals surface area (Å²) >= 11 is 0. The van der Waals surface area contributed by atoms with Crippen LogP contribution in [0.25, 0.3) is 0 Å². The molecule has 0 aliphatic heterocycles. The van der Waals surface area contributed by atoms with Gasteiger partial charge < -0.3 is 4.57 Å². The van der Waals surface area contributed by atoms with E-state index in [1.165, 1.54) is 6.08 Å². The van der Waals surface area contributed by atoms with Crippen LogP contribution >= 0.6 is 7.14 Å². The van der Waals surface area contributed by atoms with Crippen molar-refractivity contribution in [3.05, 3.63) is 12.2 Å². The van der Waals surface area contributed by atoms with E-state index in [2.05, 4.69) is 0 Å². The van der Waals surface area contributed by atoms with Gasteiger partial charge in [-0.3, -0.25) is 4.79 Å². The molecule has 0 fully saturated rings. The summed E-state index contributed by atoms with van der Waals surface area (Å²) in [4.78, 5) is 10.8. The average Bonchev–Trinajstić information content (AvgIpc) is 1.59. The lowest BCUT2D eigenvalue weighted by atomic mass is 10.4. The number of hydrogen-bond donors (Lipinski definition) is 0. The minimum atomic E-state index is -2.15. The molecule has 0 bridgehead atoms. The average molecular weight is 160 g/mol. The zero-order valence-corrected chi connectivity index (χ0v) is 7.52. The highest BCUT2D eigenvalue weighted by atomic mass is 31.2. The second-order valence-corrected chi connectivity index (χ2v) is 6.16. The summed E-state index contributed by atoms with van der Waals surface area (Å²) in [7, 11) is -2.15. The summed E-state index contributed by atoms with van der Waals surface area (Å²) in [5.74, 6) is -0.0455. The van der Waals surface area contributed by atoms with Crippen molar-refractivity contribution in [1.29, 1.82) is 0 Å². The lowest BCUT2D eigenvalue weighted by Crippen LogP contribution is -1.99. The van der Waals surface area contributed by atoms with Crippen molar-refractivity contribution in [2.45, 2.75) is 6.92 Å². The Morgan fingerprint density at radius 3 is 2.30 bits per heavy atom. The first-order chi connectivity index (χ1) is 4.45. The minimum Gasteiger partial charge on any atom is -0.324 e. The minimum absolute atomic E-state index is 0.0455. The van der Waals surface area contributed by atoms with Crippen LogP contribution in [0.3, 0.4) is 0 Å². The van der Waals surface area contributed by atoms with Crippen LogP contribution in [0, 0.1) is 0 Å². The van der Waals surface area contributed by atoms with Gasteiger partial charge in [-0.15, -0.1) is 0 Å². The summed E-state index contributed by atoms with van der Waals surface area (Å²) in [5.41, 5.74) is 0. The highest BCUT2D eigenvalue weighted by Crippen LogP contribution is 2.35. The van der Waals surface area contributed by atoms with E-state index in [1.807, 2.05) is 0 Å². The summed E-state index contributed by atoms with van der Waals surface area (Å²) in [6, 6.07) is 0. The molecule has 0 aromatic carbocycles. The smallest absolute Gasteiger partial charge is 0.162 e. The third-order valence-electron chi connectivity index (χ3n) is 0.889. The Balaban J connectivity index is 3.93. The topological polar surface area (TPSA) is 34.1 Å². The largest absolute Gasteiger partial charge is 0.324 e. The lowest BCUT2D eigenvalue weighted by molar-refractivity contribution is -0.112. The fraction of sp³-hybridized carbons (Fsp3) is 0.571. The van der Waals surface area contributed by atoms with Gasteiger partial charge in [0.25, 0.3) is 0 Å². The Hall–Kier alpha value is -0.360. The molecule has 0 saturated carbocycles. The number of ketones is 1. The van der Waals surface area contributed by atoms with E-state index in [0.717, 1.165) is 0 Å². The zero-order valence-electron chi connectivity index (χ0n) is 6.63. The summed E-state index contributed by atoms with van der Waals surface area (Å²) < 4.78 is 11.0. The Morgan fingerprint density at radius 1 is 1.50 bits per heavy atom. The molecule has 0 aliphatic rings. The highest BCUT2D eigenvalue weighted by molar-refractivity contribution is 7.63. The maximum atomic E-state index is 11.0. The van der Waals surface area contributed by atoms with E-state index in [-0.39, 0.29) is 11.9 Å². The molecule has 0 N–H and O–H groups in total. The maximum absolute atomic E-state index is 11.0. The van der Waals surface area contributed by atoms with Gasteiger partial charge in [0.2, 0.25) is 0 Å². The van der Waals surface area contributed by atoms with Crippen LogP contribution in [0.5, 0.6) is 0 Å². The van der Waals surface area contributed by atoms with Crippen LogP contribution in [-0.2, 0) is 9.36 Å². The van der Waals surface area contributed by atoms with Crippen molar-refractivity contribution in [3.8, 4) is 0 Å². The molecular weight excluding hydrogens is 147 g/mol. The number of hydrogen-bond acceptors (Lipinski definition) is 2. The highest BCUT2D eigenvalue weighted by Gasteiger charge is 2.10. The standard InChI is InChI=1S/C7H13O2P/c1-4-5-7(8)6-10(2,3)9/h4-5H,6H2,1-3H3. The first-order valence-electron chi connectivity index (χ1n) is 3.15. The van der Waals surface area contributed by atoms with E-state index in [1.54, 1.807) is 26.3 Å². The van der Waals surface area contributed by atoms with Gasteiger partial charge in [0, 0.05) is 0 Å². The van der Waals surface area contributed by atoms with E-state index in [0.29, 0.717) is 0 Å². The molecule has 0 aliphatic carbocycles. The Kier molecular flexibility index (Phi) is 3.59. The molecule has 0 unspecified atom stereocenters. The molecule has 0 spiro atoms. The summed E-state index contributed by atoms with van der Waals surface area (Å²) in [6.07, 6.45) is 3.31. The maximum Gasteiger partial charge on any atom is 0.162 e. The third-order valence-corrected chi connectivity index (χ3v) is 1.96. The molecule has 0 heterocycles. The molecule has 10 heavy (non-hydrogen) atoms. The third kappa shape index (κ3) is 5.77. The number of allylic oxidation sites excluding steroid dienone is 2. The molecule has 0 rings (SSSR count). The van der Waals surface area contributed by atoms with Gasteiger partial charge in [-0.1, -0.05) is 6.08 Å². The molecule has 0 atom stereocenters. The molecule has 3 heteroatoms. The fourth-order valence-electron chi connectivity index (χ4n) is 0.614. The van der Waals surface area contributed by atoms with Crippen molar-refractivity contribution in [1.82, 2.24) is 0 Å². The van der Waals surface area contributed by atoms with E-state index in [4.69, 9.17) is 0 Å². The van der Waals surface area contributed by atoms with Gasteiger partial charge in [0.1, 0.15) is 0 Å². The van der Waals surface area contributed by atoms with Crippen LogP contribution in [-0.4, -0.2) is 25.3 Å². The van der Waals surface area contributed by atoms with Gasteiger partial charge in [0.15, 0.2) is 5.78 Å². The van der Waals surface area contributed by atoms with Crippen molar-refractivity contribution < 1.29 is 9.36 Å². The van der Waals surface area contributed by atoms with Gasteiger partial charge in [-0.2, -0.15) is 0 Å². The number of carbonyl (C=O) groups is 1. The quantitative estimate of drug-likeness (QED) is 0.465. The normalized spacial score (nSPS) is 12.3. The molecule has 58 valence electrons. The van der Waals surface area contributed by atoms with Crippen LogP contribution in [0.15, 0.2) is 12.2 Å². The Labute approximate surface area is 61.7 Å². The number of rotatable bonds is 3. The monoisotopic (exact) mass is 160 g/mol. The van der Waals surface area contributed by atoms with Crippen molar-refractivity contribution in [2.24, 2.45) is 0 Å². The fourth-order valence-corrected chi connectivity index (χ4v) is 1.47. The number of carbonyl (C=O) groups excluding carboxylic acids is 1. The molecular formula is C7H13O2P. The first kappa shape index (κ1) is 9.64. The Morgan fingerprint density at radius 2 is 2.00 bits per heavy atom. The van der Waals surface area contributed by atoms with Gasteiger partial charge >= 0.3 is 0 Å². The molecule has 0 amide bonds. The van der Waals surface area contributed by atoms with Crippen LogP contribution in [0.2, 0.25) is 0 Å². The van der Waals surface area contributed by atoms with E-state index < -0.39 is 7.14 Å². The molecule has 2 nitrogen and oxygen atoms in total. The molecule has 0 radical (unpaired) electrons. The summed E-state index contributed by atoms with van der Waals surface area (Å²) in [5, 5.41) is 0. The van der Waals surface area contributed by atoms with Crippen LogP contribution < -0.4 is 0 Å². The zero-order chi connectivity index (χ0) is 8.20. The van der Waals surface area contributed by atoms with Gasteiger partial charge in [-0.25, -0.2) is 0 Å². The van der Waals surface area contributed by atoms with Gasteiger partial charge in [-0.05, 0) is 26.3 Å². The summed E-state index contributed by atoms with van der Waals surface area (Å²) in [6.45, 7) is 5.01. The van der Waals surface area contributed by atoms with Crippen LogP contribution in [0.1, 0.15) is 6.92 Å². The molecule has 0 aromatic heterocycles. The predicted octanol–water partition coefficient (Wildman–Crippen LogP) is 1.75. The molecule has 0 saturated heterocycles. The molecule has 0 aromatic rings. The Bertz CT molecular complexity index is 188. The lowest BCUT2D eigenvalue weighted by Gasteiger charge is -2.00. The van der Waals surface area contributed by atoms with E-state index >= 15 is 0 Å². The van der Waals surface area contributed by atoms with E-state index in [9.17, 15) is 9.36 Å². The predicted molar refractivity (Wildman–Crippen MR) is 44.1 cm³/mol. The van der Waals surface area contributed by atoms with Crippen molar-refractivity contribution in [3.63, 3.8) is 0 Å². The van der Waals surface area contributed by atoms with Crippen LogP contribution in [0.4, 0.5) is 0 Å².